The fourth-order valence-corrected chi connectivity index (χ4v) is 5.29. The largest absolute Gasteiger partial charge is 0.398 e. The van der Waals surface area contributed by atoms with Gasteiger partial charge in [0.2, 0.25) is 0 Å². The van der Waals surface area contributed by atoms with E-state index in [1.54, 1.807) is 0 Å². The lowest BCUT2D eigenvalue weighted by Crippen LogP contribution is -2.36. The highest BCUT2D eigenvalue weighted by Gasteiger charge is 2.09. The highest BCUT2D eigenvalue weighted by molar-refractivity contribution is 9.10. The Labute approximate surface area is 223 Å². The molecular weight excluding hydrogens is 514 g/mol. The summed E-state index contributed by atoms with van der Waals surface area (Å²) in [6.45, 7) is 12.1. The smallest absolute Gasteiger partial charge is 0.0727 e. The number of pyridine rings is 1. The Hall–Kier alpha value is -2.23. The zero-order valence-electron chi connectivity index (χ0n) is 21.4. The highest BCUT2D eigenvalue weighted by atomic mass is 79.9. The number of rotatable bonds is 5. The highest BCUT2D eigenvalue weighted by Crippen LogP contribution is 2.25. The number of anilines is 2. The molecule has 0 aliphatic carbocycles. The van der Waals surface area contributed by atoms with Crippen LogP contribution in [-0.4, -0.2) is 62.2 Å². The molecule has 0 bridgehead atoms. The van der Waals surface area contributed by atoms with Gasteiger partial charge >= 0.3 is 0 Å². The molecule has 8 heteroatoms. The summed E-state index contributed by atoms with van der Waals surface area (Å²) in [6, 6.07) is 14.9. The van der Waals surface area contributed by atoms with Gasteiger partial charge in [0, 0.05) is 66.2 Å². The van der Waals surface area contributed by atoms with E-state index in [1.807, 2.05) is 19.1 Å². The predicted molar refractivity (Wildman–Crippen MR) is 155 cm³/mol. The number of benzene rings is 2. The zero-order valence-corrected chi connectivity index (χ0v) is 23.0. The van der Waals surface area contributed by atoms with E-state index in [0.29, 0.717) is 0 Å². The molecule has 1 aliphatic heterocycles. The van der Waals surface area contributed by atoms with Crippen LogP contribution in [0.1, 0.15) is 29.7 Å². The van der Waals surface area contributed by atoms with Gasteiger partial charge < -0.3 is 27.0 Å². The number of fused-ring (bicyclic) bond motifs is 1. The maximum Gasteiger partial charge on any atom is 0.0727 e. The Morgan fingerprint density at radius 2 is 1.64 bits per heavy atom. The van der Waals surface area contributed by atoms with Crippen molar-refractivity contribution in [2.45, 2.75) is 32.9 Å². The van der Waals surface area contributed by atoms with Crippen molar-refractivity contribution in [1.29, 1.82) is 0 Å². The van der Waals surface area contributed by atoms with E-state index in [2.05, 4.69) is 77.4 Å². The number of nitrogens with two attached hydrogens (primary N) is 1. The molecule has 2 aromatic carbocycles. The van der Waals surface area contributed by atoms with Crippen molar-refractivity contribution < 1.29 is 0 Å². The molecular formula is C28H40BrN7. The first-order chi connectivity index (χ1) is 17.6. The lowest BCUT2D eigenvalue weighted by atomic mass is 10.1. The third kappa shape index (κ3) is 8.42. The molecule has 0 radical (unpaired) electrons. The fourth-order valence-electron chi connectivity index (χ4n) is 4.70. The fraction of sp³-hybridized carbons (Fsp3) is 0.464. The first-order valence-electron chi connectivity index (χ1n) is 13.1. The average molecular weight is 555 g/mol. The molecule has 7 nitrogen and oxygen atoms in total. The number of aryl methyl sites for hydroxylation is 1. The van der Waals surface area contributed by atoms with Gasteiger partial charge in [0.15, 0.2) is 0 Å². The summed E-state index contributed by atoms with van der Waals surface area (Å²) in [7, 11) is 0. The first kappa shape index (κ1) is 26.8. The van der Waals surface area contributed by atoms with Gasteiger partial charge in [0.1, 0.15) is 0 Å². The molecule has 1 aromatic heterocycles. The van der Waals surface area contributed by atoms with Crippen molar-refractivity contribution in [3.8, 4) is 0 Å². The van der Waals surface area contributed by atoms with Gasteiger partial charge in [-0.1, -0.05) is 22.0 Å². The molecule has 36 heavy (non-hydrogen) atoms. The molecule has 1 fully saturated rings. The maximum atomic E-state index is 6.24. The Morgan fingerprint density at radius 3 is 2.47 bits per heavy atom. The summed E-state index contributed by atoms with van der Waals surface area (Å²) >= 11 is 3.74. The second-order valence-corrected chi connectivity index (χ2v) is 10.6. The number of nitrogens with zero attached hydrogens (tertiary/aromatic N) is 2. The predicted octanol–water partition coefficient (Wildman–Crippen LogP) is 3.86. The van der Waals surface area contributed by atoms with Crippen LogP contribution in [0.2, 0.25) is 0 Å². The molecule has 0 atom stereocenters. The number of nitrogens with one attached hydrogen (secondary N) is 4. The van der Waals surface area contributed by atoms with Crippen molar-refractivity contribution in [3.05, 3.63) is 63.8 Å². The average Bonchev–Trinajstić information content (AvgIpc) is 2.85. The first-order valence-corrected chi connectivity index (χ1v) is 13.9. The van der Waals surface area contributed by atoms with E-state index in [9.17, 15) is 0 Å². The van der Waals surface area contributed by atoms with E-state index in [4.69, 9.17) is 5.73 Å². The molecule has 4 rings (SSSR count). The maximum absolute atomic E-state index is 6.24. The normalized spacial score (nSPS) is 17.1. The molecule has 0 spiro atoms. The van der Waals surface area contributed by atoms with Crippen molar-refractivity contribution in [2.24, 2.45) is 0 Å². The minimum absolute atomic E-state index is 0.747. The Balaban J connectivity index is 1.38. The molecule has 6 N–H and O–H groups in total. The number of aromatic nitrogens is 1. The van der Waals surface area contributed by atoms with Crippen LogP contribution < -0.4 is 27.0 Å². The Bertz CT molecular complexity index is 1110. The van der Waals surface area contributed by atoms with Crippen LogP contribution in [0, 0.1) is 6.92 Å². The zero-order chi connectivity index (χ0) is 25.2. The minimum atomic E-state index is 0.747. The van der Waals surface area contributed by atoms with E-state index >= 15 is 0 Å². The molecule has 2 heterocycles. The molecule has 3 aromatic rings. The number of hydrogen-bond donors (Lipinski definition) is 5. The lowest BCUT2D eigenvalue weighted by molar-refractivity contribution is 0.260. The SMILES string of the molecule is Cc1cc(N)c2cc(NCc3cc(Br)cc(CN4CCCNCCNCCCNCC4)c3)ccc2n1. The summed E-state index contributed by atoms with van der Waals surface area (Å²) in [5.41, 5.74) is 12.5. The standard InChI is InChI=1S/C28H40BrN7/c1-21-14-27(30)26-18-25(4-5-28(26)35-21)34-19-22-15-23(17-24(29)16-22)20-36-12-3-8-32-10-9-31-6-2-7-33-11-13-36/h4-5,14-18,31-34H,2-3,6-13,19-20H2,1H3,(H2,30,35). The van der Waals surface area contributed by atoms with Crippen molar-refractivity contribution in [1.82, 2.24) is 25.8 Å². The second kappa shape index (κ2) is 13.9. The van der Waals surface area contributed by atoms with E-state index in [0.717, 1.165) is 104 Å². The van der Waals surface area contributed by atoms with Crippen molar-refractivity contribution in [2.75, 3.05) is 63.4 Å². The van der Waals surface area contributed by atoms with Gasteiger partial charge in [-0.05, 0) is 93.5 Å². The molecule has 194 valence electrons. The molecule has 0 saturated carbocycles. The number of halogens is 1. The van der Waals surface area contributed by atoms with E-state index in [1.165, 1.54) is 17.5 Å². The van der Waals surface area contributed by atoms with Crippen LogP contribution in [0.4, 0.5) is 11.4 Å². The second-order valence-electron chi connectivity index (χ2n) is 9.64. The van der Waals surface area contributed by atoms with Crippen LogP contribution >= 0.6 is 15.9 Å². The van der Waals surface area contributed by atoms with Gasteiger partial charge in [0.05, 0.1) is 5.52 Å². The third-order valence-electron chi connectivity index (χ3n) is 6.51. The molecule has 1 saturated heterocycles. The summed E-state index contributed by atoms with van der Waals surface area (Å²) in [6.07, 6.45) is 2.32. The van der Waals surface area contributed by atoms with Crippen LogP contribution in [0.5, 0.6) is 0 Å². The van der Waals surface area contributed by atoms with Crippen LogP contribution in [0.3, 0.4) is 0 Å². The van der Waals surface area contributed by atoms with Crippen molar-refractivity contribution in [3.63, 3.8) is 0 Å². The third-order valence-corrected chi connectivity index (χ3v) is 6.97. The summed E-state index contributed by atoms with van der Waals surface area (Å²) in [5, 5.41) is 15.2. The number of nitrogen functional groups attached to an aromatic ring is 1. The quantitative estimate of drug-likeness (QED) is 0.327. The molecule has 0 amide bonds. The number of hydrogen-bond acceptors (Lipinski definition) is 7. The van der Waals surface area contributed by atoms with Gasteiger partial charge in [-0.15, -0.1) is 0 Å². The summed E-state index contributed by atoms with van der Waals surface area (Å²) in [4.78, 5) is 7.16. The molecule has 0 unspecified atom stereocenters. The Morgan fingerprint density at radius 1 is 0.889 bits per heavy atom. The Kier molecular flexibility index (Phi) is 10.4. The van der Waals surface area contributed by atoms with Gasteiger partial charge in [-0.3, -0.25) is 9.88 Å². The van der Waals surface area contributed by atoms with Crippen LogP contribution in [-0.2, 0) is 13.1 Å². The van der Waals surface area contributed by atoms with Crippen molar-refractivity contribution >= 4 is 38.2 Å². The van der Waals surface area contributed by atoms with Gasteiger partial charge in [-0.2, -0.15) is 0 Å². The van der Waals surface area contributed by atoms with Gasteiger partial charge in [0.25, 0.3) is 0 Å². The minimum Gasteiger partial charge on any atom is -0.398 e. The molecule has 1 aliphatic rings. The van der Waals surface area contributed by atoms with E-state index in [-0.39, 0.29) is 0 Å². The van der Waals surface area contributed by atoms with E-state index < -0.39 is 0 Å². The van der Waals surface area contributed by atoms with Crippen LogP contribution in [0.15, 0.2) is 46.9 Å². The summed E-state index contributed by atoms with van der Waals surface area (Å²) < 4.78 is 1.12. The monoisotopic (exact) mass is 553 g/mol. The lowest BCUT2D eigenvalue weighted by Gasteiger charge is -2.24. The van der Waals surface area contributed by atoms with Crippen LogP contribution in [0.25, 0.3) is 10.9 Å². The topological polar surface area (TPSA) is 90.3 Å². The summed E-state index contributed by atoms with van der Waals surface area (Å²) in [5.74, 6) is 0. The van der Waals surface area contributed by atoms with Gasteiger partial charge in [-0.25, -0.2) is 0 Å².